The standard InChI is InChI=1S/C19H19N3O2S/c1-3-24-19(23)16-11(2)15-17(21-10-22-18(15)25-16)20-9-13-8-12-6-4-5-7-14(12)13/h4-7,10,13H,3,8-9H2,1-2H3,(H,20,21,22)/t13-/m0/s1. The Kier molecular flexibility index (Phi) is 4.13. The van der Waals surface area contributed by atoms with Crippen molar-refractivity contribution in [3.8, 4) is 0 Å². The Labute approximate surface area is 150 Å². The predicted octanol–water partition coefficient (Wildman–Crippen LogP) is 3.93. The zero-order chi connectivity index (χ0) is 17.4. The number of aromatic nitrogens is 2. The number of nitrogens with zero attached hydrogens (tertiary/aromatic N) is 2. The summed E-state index contributed by atoms with van der Waals surface area (Å²) in [6, 6.07) is 8.55. The van der Waals surface area contributed by atoms with Gasteiger partial charge in [0.15, 0.2) is 0 Å². The highest BCUT2D eigenvalue weighted by Crippen LogP contribution is 2.37. The summed E-state index contributed by atoms with van der Waals surface area (Å²) in [5, 5.41) is 4.38. The smallest absolute Gasteiger partial charge is 0.348 e. The molecule has 1 atom stereocenters. The predicted molar refractivity (Wildman–Crippen MR) is 99.5 cm³/mol. The van der Waals surface area contributed by atoms with Crippen molar-refractivity contribution in [1.29, 1.82) is 0 Å². The maximum atomic E-state index is 12.1. The third kappa shape index (κ3) is 2.76. The van der Waals surface area contributed by atoms with Crippen molar-refractivity contribution in [1.82, 2.24) is 9.97 Å². The fourth-order valence-corrected chi connectivity index (χ4v) is 4.40. The molecule has 1 aromatic carbocycles. The van der Waals surface area contributed by atoms with Crippen molar-refractivity contribution in [3.05, 3.63) is 52.2 Å². The summed E-state index contributed by atoms with van der Waals surface area (Å²) < 4.78 is 5.14. The average molecular weight is 353 g/mol. The first-order valence-electron chi connectivity index (χ1n) is 8.42. The minimum Gasteiger partial charge on any atom is -0.462 e. The lowest BCUT2D eigenvalue weighted by atomic mass is 9.77. The lowest BCUT2D eigenvalue weighted by molar-refractivity contribution is 0.0531. The number of carbonyl (C=O) groups excluding carboxylic acids is 1. The molecule has 0 radical (unpaired) electrons. The summed E-state index contributed by atoms with van der Waals surface area (Å²) in [5.41, 5.74) is 3.73. The van der Waals surface area contributed by atoms with E-state index < -0.39 is 0 Å². The van der Waals surface area contributed by atoms with Gasteiger partial charge in [-0.2, -0.15) is 0 Å². The van der Waals surface area contributed by atoms with Crippen LogP contribution in [0, 0.1) is 6.92 Å². The molecule has 0 aliphatic heterocycles. The van der Waals surface area contributed by atoms with Gasteiger partial charge in [0, 0.05) is 12.5 Å². The van der Waals surface area contributed by atoms with Gasteiger partial charge in [-0.15, -0.1) is 11.3 Å². The summed E-state index contributed by atoms with van der Waals surface area (Å²) in [4.78, 5) is 22.3. The van der Waals surface area contributed by atoms with Crippen LogP contribution in [0.15, 0.2) is 30.6 Å². The molecule has 0 amide bonds. The van der Waals surface area contributed by atoms with Crippen molar-refractivity contribution in [2.75, 3.05) is 18.5 Å². The third-order valence-electron chi connectivity index (χ3n) is 4.66. The first-order chi connectivity index (χ1) is 12.2. The van der Waals surface area contributed by atoms with Gasteiger partial charge in [0.2, 0.25) is 0 Å². The number of aryl methyl sites for hydroxylation is 1. The molecule has 0 saturated heterocycles. The zero-order valence-corrected chi connectivity index (χ0v) is 15.0. The fraction of sp³-hybridized carbons (Fsp3) is 0.316. The number of esters is 1. The van der Waals surface area contributed by atoms with E-state index in [0.29, 0.717) is 17.4 Å². The van der Waals surface area contributed by atoms with Gasteiger partial charge >= 0.3 is 5.97 Å². The first-order valence-corrected chi connectivity index (χ1v) is 9.23. The van der Waals surface area contributed by atoms with Crippen LogP contribution in [-0.2, 0) is 11.2 Å². The van der Waals surface area contributed by atoms with Crippen LogP contribution < -0.4 is 5.32 Å². The minimum absolute atomic E-state index is 0.290. The second-order valence-corrected chi connectivity index (χ2v) is 7.16. The number of thiophene rings is 1. The van der Waals surface area contributed by atoms with E-state index in [0.717, 1.165) is 34.6 Å². The van der Waals surface area contributed by atoms with Gasteiger partial charge in [0.25, 0.3) is 0 Å². The van der Waals surface area contributed by atoms with E-state index in [1.165, 1.54) is 22.5 Å². The third-order valence-corrected chi connectivity index (χ3v) is 5.84. The molecule has 0 spiro atoms. The number of benzene rings is 1. The van der Waals surface area contributed by atoms with E-state index >= 15 is 0 Å². The van der Waals surface area contributed by atoms with Crippen LogP contribution in [0.4, 0.5) is 5.82 Å². The highest BCUT2D eigenvalue weighted by atomic mass is 32.1. The number of hydrogen-bond acceptors (Lipinski definition) is 6. The fourth-order valence-electron chi connectivity index (χ4n) is 3.36. The summed E-state index contributed by atoms with van der Waals surface area (Å²) in [5.74, 6) is 1.00. The van der Waals surface area contributed by atoms with Gasteiger partial charge in [-0.3, -0.25) is 0 Å². The van der Waals surface area contributed by atoms with Crippen molar-refractivity contribution in [2.45, 2.75) is 26.2 Å². The lowest BCUT2D eigenvalue weighted by Gasteiger charge is -2.30. The van der Waals surface area contributed by atoms with Crippen LogP contribution in [0.1, 0.15) is 39.2 Å². The summed E-state index contributed by atoms with van der Waals surface area (Å²) in [7, 11) is 0. The van der Waals surface area contributed by atoms with E-state index in [4.69, 9.17) is 4.74 Å². The Balaban J connectivity index is 1.59. The molecule has 3 aromatic rings. The molecule has 0 bridgehead atoms. The Morgan fingerprint density at radius 3 is 3.00 bits per heavy atom. The van der Waals surface area contributed by atoms with Crippen LogP contribution in [-0.4, -0.2) is 29.1 Å². The monoisotopic (exact) mass is 353 g/mol. The molecule has 0 saturated carbocycles. The van der Waals surface area contributed by atoms with Crippen LogP contribution >= 0.6 is 11.3 Å². The van der Waals surface area contributed by atoms with Crippen LogP contribution in [0.2, 0.25) is 0 Å². The highest BCUT2D eigenvalue weighted by Gasteiger charge is 2.26. The molecule has 1 aliphatic rings. The molecule has 1 N–H and O–H groups in total. The molecule has 1 aliphatic carbocycles. The lowest BCUT2D eigenvalue weighted by Crippen LogP contribution is -2.24. The maximum Gasteiger partial charge on any atom is 0.348 e. The first kappa shape index (κ1) is 16.0. The zero-order valence-electron chi connectivity index (χ0n) is 14.2. The van der Waals surface area contributed by atoms with Crippen molar-refractivity contribution in [3.63, 3.8) is 0 Å². The van der Waals surface area contributed by atoms with Gasteiger partial charge in [-0.25, -0.2) is 14.8 Å². The van der Waals surface area contributed by atoms with Gasteiger partial charge < -0.3 is 10.1 Å². The van der Waals surface area contributed by atoms with E-state index in [1.54, 1.807) is 6.33 Å². The molecular formula is C19H19N3O2S. The topological polar surface area (TPSA) is 64.1 Å². The molecule has 6 heteroatoms. The van der Waals surface area contributed by atoms with Crippen LogP contribution in [0.3, 0.4) is 0 Å². The average Bonchev–Trinajstić information content (AvgIpc) is 2.94. The Morgan fingerprint density at radius 2 is 2.20 bits per heavy atom. The van der Waals surface area contributed by atoms with E-state index in [2.05, 4.69) is 39.6 Å². The molecule has 4 rings (SSSR count). The molecule has 5 nitrogen and oxygen atoms in total. The molecular weight excluding hydrogens is 334 g/mol. The summed E-state index contributed by atoms with van der Waals surface area (Å²) >= 11 is 1.36. The quantitative estimate of drug-likeness (QED) is 0.704. The molecule has 128 valence electrons. The second-order valence-electron chi connectivity index (χ2n) is 6.16. The van der Waals surface area contributed by atoms with Crippen LogP contribution in [0.25, 0.3) is 10.2 Å². The molecule has 25 heavy (non-hydrogen) atoms. The number of carbonyl (C=O) groups is 1. The number of ether oxygens (including phenoxy) is 1. The second kappa shape index (κ2) is 6.44. The Bertz CT molecular complexity index is 951. The molecule has 2 aromatic heterocycles. The van der Waals surface area contributed by atoms with Gasteiger partial charge in [0.1, 0.15) is 21.9 Å². The SMILES string of the molecule is CCOC(=O)c1sc2ncnc(NC[C@@H]3Cc4ccccc43)c2c1C. The minimum atomic E-state index is -0.290. The normalized spacial score (nSPS) is 15.5. The van der Waals surface area contributed by atoms with E-state index in [1.807, 2.05) is 13.8 Å². The molecule has 0 unspecified atom stereocenters. The Hall–Kier alpha value is -2.47. The summed E-state index contributed by atoms with van der Waals surface area (Å²) in [6.07, 6.45) is 2.64. The van der Waals surface area contributed by atoms with Crippen molar-refractivity contribution < 1.29 is 9.53 Å². The number of anilines is 1. The van der Waals surface area contributed by atoms with Gasteiger partial charge in [-0.1, -0.05) is 24.3 Å². The Morgan fingerprint density at radius 1 is 1.36 bits per heavy atom. The number of hydrogen-bond donors (Lipinski definition) is 1. The largest absolute Gasteiger partial charge is 0.462 e. The maximum absolute atomic E-state index is 12.1. The summed E-state index contributed by atoms with van der Waals surface area (Å²) in [6.45, 7) is 4.93. The van der Waals surface area contributed by atoms with Crippen molar-refractivity contribution in [2.24, 2.45) is 0 Å². The molecule has 0 fully saturated rings. The van der Waals surface area contributed by atoms with Gasteiger partial charge in [-0.05, 0) is 37.0 Å². The number of rotatable bonds is 5. The van der Waals surface area contributed by atoms with Crippen molar-refractivity contribution >= 4 is 33.3 Å². The van der Waals surface area contributed by atoms with E-state index in [9.17, 15) is 4.79 Å². The molecule has 2 heterocycles. The number of nitrogens with one attached hydrogen (secondary N) is 1. The number of fused-ring (bicyclic) bond motifs is 2. The van der Waals surface area contributed by atoms with E-state index in [-0.39, 0.29) is 5.97 Å². The van der Waals surface area contributed by atoms with Gasteiger partial charge in [0.05, 0.1) is 12.0 Å². The highest BCUT2D eigenvalue weighted by molar-refractivity contribution is 7.20. The van der Waals surface area contributed by atoms with Crippen LogP contribution in [0.5, 0.6) is 0 Å².